The third-order valence-electron chi connectivity index (χ3n) is 14.6. The molecule has 446 valence electrons. The van der Waals surface area contributed by atoms with Gasteiger partial charge in [0.1, 0.15) is 24.4 Å². The summed E-state index contributed by atoms with van der Waals surface area (Å²) >= 11 is 0. The summed E-state index contributed by atoms with van der Waals surface area (Å²) < 4.78 is 17.6. The molecular formula is C66H117NO10. The molecule has 8 unspecified atom stereocenters. The van der Waals surface area contributed by atoms with Crippen LogP contribution in [-0.2, 0) is 23.8 Å². The zero-order valence-corrected chi connectivity index (χ0v) is 49.3. The van der Waals surface area contributed by atoms with Gasteiger partial charge in [-0.3, -0.25) is 9.59 Å². The summed E-state index contributed by atoms with van der Waals surface area (Å²) in [6.45, 7) is 5.70. The molecular weight excluding hydrogens is 967 g/mol. The standard InChI is InChI=1S/C66H117NO10/c1-4-7-10-13-16-19-22-23-24-25-26-27-28-29-30-31-32-33-34-35-36-39-41-44-47-50-53-59(70)65(74)67-57(58(69)52-49-46-43-40-37-20-17-14-11-8-5-2)56-75-66-64(63(73)62(72)60(55-68)76-66)77-61(71)54-51-48-45-42-38-21-18-15-12-9-6-3/h15-16,18-19,23-24,26-27,29-30,49,52,57-60,62-64,66,68-70,72-73H,4-14,17,20-22,25,28,31-48,50-51,53-56H2,1-3H3,(H,67,74)/b18-15-,19-16-,24-23-,27-26-,30-29-,52-49+. The summed E-state index contributed by atoms with van der Waals surface area (Å²) in [4.78, 5) is 26.5. The molecule has 0 aliphatic carbocycles. The summed E-state index contributed by atoms with van der Waals surface area (Å²) in [5.41, 5.74) is 0. The highest BCUT2D eigenvalue weighted by atomic mass is 16.7. The van der Waals surface area contributed by atoms with Crippen molar-refractivity contribution in [1.29, 1.82) is 0 Å². The molecule has 1 rings (SSSR count). The van der Waals surface area contributed by atoms with Crippen molar-refractivity contribution in [2.24, 2.45) is 0 Å². The first-order chi connectivity index (χ1) is 37.7. The second-order valence-corrected chi connectivity index (χ2v) is 21.8. The van der Waals surface area contributed by atoms with Crippen molar-refractivity contribution in [3.8, 4) is 0 Å². The molecule has 11 heteroatoms. The highest BCUT2D eigenvalue weighted by Gasteiger charge is 2.47. The van der Waals surface area contributed by atoms with E-state index >= 15 is 0 Å². The number of carbonyl (C=O) groups excluding carboxylic acids is 2. The lowest BCUT2D eigenvalue weighted by molar-refractivity contribution is -0.305. The predicted octanol–water partition coefficient (Wildman–Crippen LogP) is 15.2. The molecule has 1 aliphatic heterocycles. The molecule has 0 aromatic heterocycles. The number of hydrogen-bond donors (Lipinski definition) is 6. The van der Waals surface area contributed by atoms with Crippen molar-refractivity contribution in [1.82, 2.24) is 5.32 Å². The van der Waals surface area contributed by atoms with E-state index in [1.165, 1.54) is 122 Å². The Hall–Kier alpha value is -2.90. The zero-order chi connectivity index (χ0) is 56.1. The second kappa shape index (κ2) is 53.7. The maximum atomic E-state index is 13.4. The fraction of sp³-hybridized carbons (Fsp3) is 0.788. The van der Waals surface area contributed by atoms with Crippen LogP contribution in [0.4, 0.5) is 0 Å². The molecule has 0 bridgehead atoms. The van der Waals surface area contributed by atoms with E-state index in [1.54, 1.807) is 6.08 Å². The Kier molecular flexibility index (Phi) is 50.3. The summed E-state index contributed by atoms with van der Waals surface area (Å²) in [5, 5.41) is 56.9. The van der Waals surface area contributed by atoms with Crippen LogP contribution in [0.1, 0.15) is 271 Å². The summed E-state index contributed by atoms with van der Waals surface area (Å²) in [6.07, 6.45) is 58.1. The van der Waals surface area contributed by atoms with Gasteiger partial charge in [-0.1, -0.05) is 248 Å². The van der Waals surface area contributed by atoms with Gasteiger partial charge in [-0.25, -0.2) is 0 Å². The smallest absolute Gasteiger partial charge is 0.306 e. The van der Waals surface area contributed by atoms with Crippen molar-refractivity contribution < 1.29 is 49.3 Å². The summed E-state index contributed by atoms with van der Waals surface area (Å²) in [6, 6.07) is -1.03. The lowest BCUT2D eigenvalue weighted by Gasteiger charge is -2.41. The quantitative estimate of drug-likeness (QED) is 0.0195. The van der Waals surface area contributed by atoms with Crippen molar-refractivity contribution >= 4 is 11.9 Å². The van der Waals surface area contributed by atoms with Crippen molar-refractivity contribution in [2.75, 3.05) is 13.2 Å². The van der Waals surface area contributed by atoms with Crippen LogP contribution in [0.2, 0.25) is 0 Å². The van der Waals surface area contributed by atoms with Crippen molar-refractivity contribution in [2.45, 2.75) is 320 Å². The first-order valence-electron chi connectivity index (χ1n) is 31.7. The van der Waals surface area contributed by atoms with Crippen molar-refractivity contribution in [3.05, 3.63) is 72.9 Å². The Morgan fingerprint density at radius 1 is 0.506 bits per heavy atom. The first-order valence-corrected chi connectivity index (χ1v) is 31.7. The molecule has 77 heavy (non-hydrogen) atoms. The van der Waals surface area contributed by atoms with Crippen molar-refractivity contribution in [3.63, 3.8) is 0 Å². The van der Waals surface area contributed by atoms with Gasteiger partial charge in [0.2, 0.25) is 5.91 Å². The lowest BCUT2D eigenvalue weighted by Crippen LogP contribution is -2.61. The number of ether oxygens (including phenoxy) is 3. The lowest BCUT2D eigenvalue weighted by atomic mass is 9.99. The van der Waals surface area contributed by atoms with E-state index in [0.717, 1.165) is 103 Å². The van der Waals surface area contributed by atoms with Crippen LogP contribution in [0.3, 0.4) is 0 Å². The van der Waals surface area contributed by atoms with Crippen LogP contribution < -0.4 is 5.32 Å². The predicted molar refractivity (Wildman–Crippen MR) is 319 cm³/mol. The maximum Gasteiger partial charge on any atom is 0.306 e. The number of carbonyl (C=O) groups is 2. The molecule has 0 saturated carbocycles. The monoisotopic (exact) mass is 1080 g/mol. The average Bonchev–Trinajstić information content (AvgIpc) is 3.43. The number of aliphatic hydroxyl groups is 5. The molecule has 1 aliphatic rings. The van der Waals surface area contributed by atoms with Gasteiger partial charge in [0.05, 0.1) is 25.4 Å². The minimum Gasteiger partial charge on any atom is -0.454 e. The first kappa shape index (κ1) is 72.1. The molecule has 0 spiro atoms. The molecule has 0 radical (unpaired) electrons. The van der Waals surface area contributed by atoms with E-state index in [1.807, 2.05) is 6.08 Å². The highest BCUT2D eigenvalue weighted by Crippen LogP contribution is 2.26. The van der Waals surface area contributed by atoms with E-state index in [2.05, 4.69) is 86.8 Å². The molecule has 6 N–H and O–H groups in total. The number of rotatable bonds is 53. The van der Waals surface area contributed by atoms with Gasteiger partial charge in [0, 0.05) is 6.42 Å². The van der Waals surface area contributed by atoms with Crippen LogP contribution in [-0.4, -0.2) is 99.6 Å². The minimum absolute atomic E-state index is 0.111. The van der Waals surface area contributed by atoms with Gasteiger partial charge in [-0.15, -0.1) is 0 Å². The normalized spacial score (nSPS) is 19.5. The van der Waals surface area contributed by atoms with Crippen LogP contribution in [0.15, 0.2) is 72.9 Å². The number of esters is 1. The van der Waals surface area contributed by atoms with Gasteiger partial charge in [0.15, 0.2) is 12.4 Å². The molecule has 1 heterocycles. The fourth-order valence-electron chi connectivity index (χ4n) is 9.50. The topological polar surface area (TPSA) is 175 Å². The Labute approximate surface area is 471 Å². The molecule has 8 atom stereocenters. The number of nitrogens with one attached hydrogen (secondary N) is 1. The van der Waals surface area contributed by atoms with E-state index in [0.29, 0.717) is 12.8 Å². The van der Waals surface area contributed by atoms with Gasteiger partial charge in [-0.2, -0.15) is 0 Å². The van der Waals surface area contributed by atoms with Crippen LogP contribution in [0.5, 0.6) is 0 Å². The number of hydrogen-bond acceptors (Lipinski definition) is 10. The average molecular weight is 1080 g/mol. The third-order valence-corrected chi connectivity index (χ3v) is 14.6. The fourth-order valence-corrected chi connectivity index (χ4v) is 9.50. The van der Waals surface area contributed by atoms with E-state index in [-0.39, 0.29) is 19.4 Å². The minimum atomic E-state index is -1.62. The van der Waals surface area contributed by atoms with Gasteiger partial charge in [-0.05, 0) is 89.9 Å². The van der Waals surface area contributed by atoms with Gasteiger partial charge in [0.25, 0.3) is 0 Å². The zero-order valence-electron chi connectivity index (χ0n) is 49.3. The van der Waals surface area contributed by atoms with Crippen LogP contribution in [0, 0.1) is 0 Å². The van der Waals surface area contributed by atoms with Gasteiger partial charge < -0.3 is 45.1 Å². The van der Waals surface area contributed by atoms with E-state index in [9.17, 15) is 35.1 Å². The van der Waals surface area contributed by atoms with E-state index < -0.39 is 67.4 Å². The van der Waals surface area contributed by atoms with Gasteiger partial charge >= 0.3 is 5.97 Å². The molecule has 0 aromatic rings. The van der Waals surface area contributed by atoms with E-state index in [4.69, 9.17) is 14.2 Å². The number of allylic oxidation sites excluding steroid dienone is 11. The third kappa shape index (κ3) is 41.7. The number of unbranched alkanes of at least 4 members (excludes halogenated alkanes) is 29. The second-order valence-electron chi connectivity index (χ2n) is 21.8. The largest absolute Gasteiger partial charge is 0.454 e. The maximum absolute atomic E-state index is 13.4. The Balaban J connectivity index is 2.58. The van der Waals surface area contributed by atoms with Crippen LogP contribution >= 0.6 is 0 Å². The molecule has 1 fully saturated rings. The Bertz CT molecular complexity index is 1530. The Morgan fingerprint density at radius 3 is 1.42 bits per heavy atom. The highest BCUT2D eigenvalue weighted by molar-refractivity contribution is 5.80. The number of amides is 1. The summed E-state index contributed by atoms with van der Waals surface area (Å²) in [5.74, 6) is -1.21. The molecule has 0 aromatic carbocycles. The Morgan fingerprint density at radius 2 is 0.909 bits per heavy atom. The summed E-state index contributed by atoms with van der Waals surface area (Å²) in [7, 11) is 0. The molecule has 11 nitrogen and oxygen atoms in total. The molecule has 1 amide bonds. The van der Waals surface area contributed by atoms with Crippen LogP contribution in [0.25, 0.3) is 0 Å². The molecule has 1 saturated heterocycles. The SMILES string of the molecule is CCCC/C=C\CCCCCCCC(=O)OC1C(OCC(NC(=O)C(O)CCCCCCCCCCCC/C=C\C/C=C\C/C=C\C/C=C\CCCCC)C(O)/C=C/CCCCCCCCCCC)OC(CO)C(O)C1O. The number of aliphatic hydroxyl groups excluding tert-OH is 5.